The minimum absolute atomic E-state index is 0.376. The quantitative estimate of drug-likeness (QED) is 0.671. The molecule has 0 bridgehead atoms. The first-order valence-electron chi connectivity index (χ1n) is 5.74. The van der Waals surface area contributed by atoms with Crippen LogP contribution in [0.15, 0.2) is 30.3 Å². The van der Waals surface area contributed by atoms with Gasteiger partial charge in [-0.2, -0.15) is 4.98 Å². The second-order valence-corrected chi connectivity index (χ2v) is 5.70. The summed E-state index contributed by atoms with van der Waals surface area (Å²) in [4.78, 5) is 8.73. The molecule has 0 unspecified atom stereocenters. The van der Waals surface area contributed by atoms with Gasteiger partial charge in [-0.1, -0.05) is 11.6 Å². The first kappa shape index (κ1) is 13.4. The molecule has 7 heteroatoms. The van der Waals surface area contributed by atoms with Gasteiger partial charge in [0.15, 0.2) is 5.65 Å². The van der Waals surface area contributed by atoms with Gasteiger partial charge < -0.3 is 10.5 Å². The Morgan fingerprint density at radius 1 is 1.25 bits per heavy atom. The van der Waals surface area contributed by atoms with E-state index in [-0.39, 0.29) is 0 Å². The van der Waals surface area contributed by atoms with Crippen LogP contribution in [0.5, 0.6) is 5.88 Å². The number of aromatic nitrogens is 3. The highest BCUT2D eigenvalue weighted by Gasteiger charge is 2.14. The number of ether oxygens (including phenoxy) is 1. The molecule has 0 fully saturated rings. The lowest BCUT2D eigenvalue weighted by molar-refractivity contribution is 0.399. The van der Waals surface area contributed by atoms with Crippen LogP contribution in [0.1, 0.15) is 0 Å². The van der Waals surface area contributed by atoms with Crippen molar-refractivity contribution in [3.63, 3.8) is 0 Å². The Morgan fingerprint density at radius 2 is 2.05 bits per heavy atom. The molecular weight excluding hydrogens is 391 g/mol. The fraction of sp³-hybridized carbons (Fsp3) is 0.0769. The van der Waals surface area contributed by atoms with Crippen molar-refractivity contribution in [2.24, 2.45) is 0 Å². The molecule has 0 spiro atoms. The molecule has 5 nitrogen and oxygen atoms in total. The van der Waals surface area contributed by atoms with E-state index in [1.54, 1.807) is 17.7 Å². The van der Waals surface area contributed by atoms with Gasteiger partial charge in [-0.15, -0.1) is 0 Å². The van der Waals surface area contributed by atoms with Crippen LogP contribution in [-0.4, -0.2) is 21.6 Å². The summed E-state index contributed by atoms with van der Waals surface area (Å²) in [6, 6.07) is 9.15. The van der Waals surface area contributed by atoms with E-state index in [4.69, 9.17) is 22.1 Å². The van der Waals surface area contributed by atoms with Crippen LogP contribution in [0.3, 0.4) is 0 Å². The maximum atomic E-state index is 6.02. The third-order valence-electron chi connectivity index (χ3n) is 2.86. The van der Waals surface area contributed by atoms with Crippen LogP contribution < -0.4 is 10.5 Å². The van der Waals surface area contributed by atoms with Gasteiger partial charge in [-0.3, -0.25) is 4.57 Å². The van der Waals surface area contributed by atoms with E-state index >= 15 is 0 Å². The van der Waals surface area contributed by atoms with E-state index in [0.29, 0.717) is 28.0 Å². The lowest BCUT2D eigenvalue weighted by atomic mass is 10.3. The molecular formula is C13H10ClIN4O. The number of nitrogen functional groups attached to an aromatic ring is 1. The fourth-order valence-corrected chi connectivity index (χ4v) is 3.08. The Morgan fingerprint density at radius 3 is 2.75 bits per heavy atom. The molecule has 2 N–H and O–H groups in total. The molecule has 0 aliphatic heterocycles. The number of imidazole rings is 1. The molecule has 1 aromatic carbocycles. The fourth-order valence-electron chi connectivity index (χ4n) is 1.97. The van der Waals surface area contributed by atoms with E-state index in [2.05, 4.69) is 32.6 Å². The molecule has 2 aromatic heterocycles. The van der Waals surface area contributed by atoms with Crippen LogP contribution in [0.25, 0.3) is 16.9 Å². The van der Waals surface area contributed by atoms with Gasteiger partial charge in [0.05, 0.1) is 12.8 Å². The number of benzene rings is 1. The van der Waals surface area contributed by atoms with Gasteiger partial charge in [-0.25, -0.2) is 4.98 Å². The Hall–Kier alpha value is -1.54. The van der Waals surface area contributed by atoms with Crippen LogP contribution in [0, 0.1) is 3.57 Å². The van der Waals surface area contributed by atoms with Gasteiger partial charge in [0.25, 0.3) is 0 Å². The van der Waals surface area contributed by atoms with Gasteiger partial charge in [0.1, 0.15) is 5.52 Å². The average Bonchev–Trinajstić information content (AvgIpc) is 2.74. The van der Waals surface area contributed by atoms with Crippen molar-refractivity contribution in [2.45, 2.75) is 0 Å². The predicted molar refractivity (Wildman–Crippen MR) is 87.6 cm³/mol. The van der Waals surface area contributed by atoms with E-state index in [1.165, 1.54) is 0 Å². The zero-order chi connectivity index (χ0) is 14.3. The third kappa shape index (κ3) is 2.18. The van der Waals surface area contributed by atoms with Crippen molar-refractivity contribution in [3.05, 3.63) is 38.9 Å². The Bertz CT molecular complexity index is 802. The van der Waals surface area contributed by atoms with Crippen LogP contribution in [-0.2, 0) is 0 Å². The lowest BCUT2D eigenvalue weighted by Crippen LogP contribution is -2.03. The van der Waals surface area contributed by atoms with E-state index < -0.39 is 0 Å². The molecule has 0 amide bonds. The first-order chi connectivity index (χ1) is 9.60. The normalized spacial score (nSPS) is 10.9. The first-order valence-corrected chi connectivity index (χ1v) is 7.20. The Labute approximate surface area is 133 Å². The summed E-state index contributed by atoms with van der Waals surface area (Å²) in [6.45, 7) is 0. The molecule has 0 atom stereocenters. The molecule has 0 aliphatic carbocycles. The van der Waals surface area contributed by atoms with Gasteiger partial charge in [0.2, 0.25) is 11.8 Å². The summed E-state index contributed by atoms with van der Waals surface area (Å²) in [7, 11) is 1.57. The van der Waals surface area contributed by atoms with Gasteiger partial charge >= 0.3 is 0 Å². The second kappa shape index (κ2) is 5.10. The number of pyridine rings is 1. The largest absolute Gasteiger partial charge is 0.481 e. The lowest BCUT2D eigenvalue weighted by Gasteiger charge is -2.09. The molecule has 2 heterocycles. The molecule has 0 aliphatic rings. The number of nitrogens with zero attached hydrogens (tertiary/aromatic N) is 3. The molecule has 0 saturated heterocycles. The minimum Gasteiger partial charge on any atom is -0.481 e. The van der Waals surface area contributed by atoms with Gasteiger partial charge in [0, 0.05) is 14.7 Å². The van der Waals surface area contributed by atoms with E-state index in [1.807, 2.05) is 24.3 Å². The standard InChI is InChI=1S/C13H10ClIN4O/c1-20-11-5-3-9-12(18-11)19(13(16)17-9)10-4-2-7(14)6-8(10)15/h2-6H,1H3,(H2,16,17). The van der Waals surface area contributed by atoms with Crippen molar-refractivity contribution in [1.29, 1.82) is 0 Å². The monoisotopic (exact) mass is 400 g/mol. The van der Waals surface area contributed by atoms with Crippen molar-refractivity contribution in [3.8, 4) is 11.6 Å². The highest BCUT2D eigenvalue weighted by atomic mass is 127. The number of nitrogens with two attached hydrogens (primary N) is 1. The van der Waals surface area contributed by atoms with Gasteiger partial charge in [-0.05, 0) is 46.9 Å². The van der Waals surface area contributed by atoms with E-state index in [9.17, 15) is 0 Å². The van der Waals surface area contributed by atoms with Crippen LogP contribution in [0.4, 0.5) is 5.95 Å². The topological polar surface area (TPSA) is 66.0 Å². The number of halogens is 2. The number of anilines is 1. The minimum atomic E-state index is 0.376. The zero-order valence-corrected chi connectivity index (χ0v) is 13.4. The Balaban J connectivity index is 2.31. The van der Waals surface area contributed by atoms with Crippen LogP contribution in [0.2, 0.25) is 5.02 Å². The highest BCUT2D eigenvalue weighted by molar-refractivity contribution is 14.1. The number of hydrogen-bond donors (Lipinski definition) is 1. The number of methoxy groups -OCH3 is 1. The molecule has 3 aromatic rings. The van der Waals surface area contributed by atoms with Crippen molar-refractivity contribution < 1.29 is 4.74 Å². The summed E-state index contributed by atoms with van der Waals surface area (Å²) in [5.74, 6) is 0.892. The summed E-state index contributed by atoms with van der Waals surface area (Å²) in [5, 5.41) is 0.673. The van der Waals surface area contributed by atoms with Crippen molar-refractivity contribution in [1.82, 2.24) is 14.5 Å². The average molecular weight is 401 g/mol. The summed E-state index contributed by atoms with van der Waals surface area (Å²) in [5.41, 5.74) is 8.27. The smallest absolute Gasteiger partial charge is 0.215 e. The SMILES string of the molecule is COc1ccc2nc(N)n(-c3ccc(Cl)cc3I)c2n1. The van der Waals surface area contributed by atoms with Crippen LogP contribution >= 0.6 is 34.2 Å². The maximum absolute atomic E-state index is 6.02. The maximum Gasteiger partial charge on any atom is 0.215 e. The van der Waals surface area contributed by atoms with Crippen molar-refractivity contribution >= 4 is 51.3 Å². The summed E-state index contributed by atoms with van der Waals surface area (Å²) >= 11 is 8.19. The second-order valence-electron chi connectivity index (χ2n) is 4.10. The number of fused-ring (bicyclic) bond motifs is 1. The highest BCUT2D eigenvalue weighted by Crippen LogP contribution is 2.28. The zero-order valence-electron chi connectivity index (χ0n) is 10.5. The third-order valence-corrected chi connectivity index (χ3v) is 3.96. The molecule has 0 radical (unpaired) electrons. The predicted octanol–water partition coefficient (Wildman–Crippen LogP) is 3.27. The van der Waals surface area contributed by atoms with Crippen molar-refractivity contribution in [2.75, 3.05) is 12.8 Å². The Kier molecular flexibility index (Phi) is 3.43. The molecule has 3 rings (SSSR count). The molecule has 0 saturated carbocycles. The summed E-state index contributed by atoms with van der Waals surface area (Å²) < 4.78 is 7.91. The number of rotatable bonds is 2. The molecule has 102 valence electrons. The van der Waals surface area contributed by atoms with E-state index in [0.717, 1.165) is 9.26 Å². The molecule has 20 heavy (non-hydrogen) atoms. The summed E-state index contributed by atoms with van der Waals surface area (Å²) in [6.07, 6.45) is 0. The number of hydrogen-bond acceptors (Lipinski definition) is 4.